The molecule has 1 aliphatic heterocycles. The maximum atomic E-state index is 11.0. The van der Waals surface area contributed by atoms with Crippen molar-refractivity contribution in [2.24, 2.45) is 0 Å². The molecule has 1 aliphatic rings. The highest BCUT2D eigenvalue weighted by atomic mass is 32.2. The van der Waals surface area contributed by atoms with Crippen LogP contribution in [0, 0.1) is 0 Å². The number of thioether (sulfide) groups is 1. The number of aromatic nitrogens is 1. The van der Waals surface area contributed by atoms with Crippen LogP contribution in [0.3, 0.4) is 0 Å². The topological polar surface area (TPSA) is 42.6 Å². The van der Waals surface area contributed by atoms with Gasteiger partial charge >= 0.3 is 5.72 Å². The molecule has 100 valence electrons. The predicted octanol–water partition coefficient (Wildman–Crippen LogP) is 1.51. The quantitative estimate of drug-likeness (QED) is 0.650. The summed E-state index contributed by atoms with van der Waals surface area (Å²) >= 11 is 1.63. The van der Waals surface area contributed by atoms with Crippen molar-refractivity contribution < 1.29 is 19.1 Å². The fraction of sp³-hybridized carbons (Fsp3) is 0.615. The molecule has 5 heteroatoms. The molecule has 0 saturated heterocycles. The van der Waals surface area contributed by atoms with Crippen LogP contribution < -0.4 is 4.57 Å². The molecule has 0 bridgehead atoms. The number of nitrogens with zero attached hydrogens (tertiary/aromatic N) is 1. The van der Waals surface area contributed by atoms with Crippen LogP contribution in [0.2, 0.25) is 0 Å². The fourth-order valence-corrected chi connectivity index (χ4v) is 3.42. The highest BCUT2D eigenvalue weighted by molar-refractivity contribution is 7.99. The van der Waals surface area contributed by atoms with Gasteiger partial charge in [-0.2, -0.15) is 4.57 Å². The fourth-order valence-electron chi connectivity index (χ4n) is 2.18. The monoisotopic (exact) mass is 270 g/mol. The van der Waals surface area contributed by atoms with Gasteiger partial charge in [0.15, 0.2) is 6.20 Å². The lowest BCUT2D eigenvalue weighted by molar-refractivity contribution is -0.844. The number of aliphatic hydroxyl groups is 1. The van der Waals surface area contributed by atoms with Gasteiger partial charge in [-0.25, -0.2) is 0 Å². The molecule has 0 spiro atoms. The van der Waals surface area contributed by atoms with Gasteiger partial charge in [0.05, 0.1) is 0 Å². The molecular weight excluding hydrogens is 250 g/mol. The minimum atomic E-state index is -1.16. The average Bonchev–Trinajstić information content (AvgIpc) is 2.63. The minimum absolute atomic E-state index is 0.0250. The van der Waals surface area contributed by atoms with Crippen molar-refractivity contribution in [2.45, 2.75) is 43.1 Å². The summed E-state index contributed by atoms with van der Waals surface area (Å²) in [6, 6.07) is 5.86. The molecular formula is C13H20NO3S+. The number of rotatable bonds is 5. The largest absolute Gasteiger partial charge is 0.345 e. The summed E-state index contributed by atoms with van der Waals surface area (Å²) in [5, 5.41) is 12.0. The molecule has 1 aromatic heterocycles. The molecule has 0 aromatic carbocycles. The van der Waals surface area contributed by atoms with Crippen molar-refractivity contribution >= 4 is 11.8 Å². The van der Waals surface area contributed by atoms with Crippen molar-refractivity contribution in [3.63, 3.8) is 0 Å². The van der Waals surface area contributed by atoms with Crippen molar-refractivity contribution in [3.8, 4) is 0 Å². The van der Waals surface area contributed by atoms with Crippen LogP contribution in [-0.4, -0.2) is 29.9 Å². The number of ether oxygens (including phenoxy) is 2. The van der Waals surface area contributed by atoms with Gasteiger partial charge in [0.25, 0.3) is 6.29 Å². The van der Waals surface area contributed by atoms with Crippen LogP contribution in [0.4, 0.5) is 0 Å². The number of fused-ring (bicyclic) bond motifs is 1. The summed E-state index contributed by atoms with van der Waals surface area (Å²) in [7, 11) is 0. The van der Waals surface area contributed by atoms with Crippen LogP contribution in [-0.2, 0) is 15.2 Å². The van der Waals surface area contributed by atoms with Gasteiger partial charge in [0.2, 0.25) is 5.03 Å². The smallest absolute Gasteiger partial charge is 0.335 e. The molecule has 0 amide bonds. The lowest BCUT2D eigenvalue weighted by atomic mass is 10.1. The van der Waals surface area contributed by atoms with Crippen molar-refractivity contribution in [3.05, 3.63) is 24.4 Å². The maximum absolute atomic E-state index is 11.0. The highest BCUT2D eigenvalue weighted by Gasteiger charge is 2.59. The summed E-state index contributed by atoms with van der Waals surface area (Å²) < 4.78 is 13.0. The lowest BCUT2D eigenvalue weighted by Gasteiger charge is -2.29. The van der Waals surface area contributed by atoms with E-state index in [0.717, 1.165) is 5.03 Å². The van der Waals surface area contributed by atoms with E-state index in [-0.39, 0.29) is 5.25 Å². The SMILES string of the molecule is CCOC(OCC)C1(O)C(C)Sc2cccc[n+]21. The number of hydrogen-bond donors (Lipinski definition) is 1. The Morgan fingerprint density at radius 1 is 1.39 bits per heavy atom. The van der Waals surface area contributed by atoms with E-state index < -0.39 is 12.0 Å². The highest BCUT2D eigenvalue weighted by Crippen LogP contribution is 2.39. The molecule has 2 unspecified atom stereocenters. The molecule has 2 atom stereocenters. The molecule has 0 aliphatic carbocycles. The van der Waals surface area contributed by atoms with Crippen LogP contribution in [0.1, 0.15) is 20.8 Å². The van der Waals surface area contributed by atoms with E-state index in [1.54, 1.807) is 11.8 Å². The number of pyridine rings is 1. The van der Waals surface area contributed by atoms with Crippen molar-refractivity contribution in [1.29, 1.82) is 0 Å². The zero-order valence-corrected chi connectivity index (χ0v) is 11.8. The number of hydrogen-bond acceptors (Lipinski definition) is 4. The van der Waals surface area contributed by atoms with Gasteiger partial charge in [-0.15, -0.1) is 0 Å². The third kappa shape index (κ3) is 2.16. The van der Waals surface area contributed by atoms with Gasteiger partial charge in [0, 0.05) is 25.3 Å². The third-order valence-electron chi connectivity index (χ3n) is 3.09. The van der Waals surface area contributed by atoms with E-state index in [1.165, 1.54) is 0 Å². The Labute approximate surface area is 112 Å². The Morgan fingerprint density at radius 3 is 2.67 bits per heavy atom. The first kappa shape index (κ1) is 13.8. The Morgan fingerprint density at radius 2 is 2.06 bits per heavy atom. The van der Waals surface area contributed by atoms with Gasteiger partial charge in [-0.3, -0.25) is 0 Å². The summed E-state index contributed by atoms with van der Waals surface area (Å²) in [4.78, 5) is 0. The van der Waals surface area contributed by atoms with Gasteiger partial charge in [-0.1, -0.05) is 0 Å². The predicted molar refractivity (Wildman–Crippen MR) is 69.2 cm³/mol. The summed E-state index contributed by atoms with van der Waals surface area (Å²) in [6.07, 6.45) is 1.22. The first-order chi connectivity index (χ1) is 8.64. The van der Waals surface area contributed by atoms with Gasteiger partial charge < -0.3 is 14.6 Å². The van der Waals surface area contributed by atoms with E-state index in [0.29, 0.717) is 13.2 Å². The second-order valence-electron chi connectivity index (χ2n) is 4.19. The Hall–Kier alpha value is -0.620. The molecule has 0 saturated carbocycles. The van der Waals surface area contributed by atoms with Crippen molar-refractivity contribution in [1.82, 2.24) is 0 Å². The molecule has 1 N–H and O–H groups in total. The first-order valence-corrected chi connectivity index (χ1v) is 7.15. The summed E-state index contributed by atoms with van der Waals surface area (Å²) in [6.45, 7) is 6.81. The maximum Gasteiger partial charge on any atom is 0.335 e. The second-order valence-corrected chi connectivity index (χ2v) is 5.56. The summed E-state index contributed by atoms with van der Waals surface area (Å²) in [5.41, 5.74) is -1.16. The standard InChI is InChI=1S/C13H20NO3S/c1-4-16-12(17-5-2)13(15)10(3)18-11-8-6-7-9-14(11)13/h6-10,12,15H,4-5H2,1-3H3/q+1. The van der Waals surface area contributed by atoms with Crippen LogP contribution in [0.5, 0.6) is 0 Å². The van der Waals surface area contributed by atoms with Gasteiger partial charge in [0.1, 0.15) is 5.25 Å². The van der Waals surface area contributed by atoms with E-state index in [2.05, 4.69) is 0 Å². The van der Waals surface area contributed by atoms with E-state index in [1.807, 2.05) is 49.7 Å². The van der Waals surface area contributed by atoms with E-state index in [9.17, 15) is 5.11 Å². The molecule has 18 heavy (non-hydrogen) atoms. The molecule has 0 radical (unpaired) electrons. The van der Waals surface area contributed by atoms with Crippen LogP contribution >= 0.6 is 11.8 Å². The summed E-state index contributed by atoms with van der Waals surface area (Å²) in [5.74, 6) is 0. The Bertz CT molecular complexity index is 409. The third-order valence-corrected chi connectivity index (χ3v) is 4.36. The van der Waals surface area contributed by atoms with Crippen LogP contribution in [0.25, 0.3) is 0 Å². The van der Waals surface area contributed by atoms with E-state index in [4.69, 9.17) is 9.47 Å². The Kier molecular flexibility index (Phi) is 4.27. The normalized spacial score (nSPS) is 26.6. The second kappa shape index (κ2) is 5.57. The first-order valence-electron chi connectivity index (χ1n) is 6.28. The molecule has 4 nitrogen and oxygen atoms in total. The average molecular weight is 270 g/mol. The molecule has 2 heterocycles. The molecule has 2 rings (SSSR count). The zero-order chi connectivity index (χ0) is 13.2. The Balaban J connectivity index is 2.38. The molecule has 0 fully saturated rings. The van der Waals surface area contributed by atoms with E-state index >= 15 is 0 Å². The van der Waals surface area contributed by atoms with Crippen LogP contribution in [0.15, 0.2) is 29.4 Å². The minimum Gasteiger partial charge on any atom is -0.345 e. The van der Waals surface area contributed by atoms with Crippen molar-refractivity contribution in [2.75, 3.05) is 13.2 Å². The zero-order valence-electron chi connectivity index (χ0n) is 11.0. The lowest BCUT2D eigenvalue weighted by Crippen LogP contribution is -2.66. The van der Waals surface area contributed by atoms with Gasteiger partial charge in [-0.05, 0) is 38.6 Å². The molecule has 1 aromatic rings.